The van der Waals surface area contributed by atoms with Gasteiger partial charge in [-0.05, 0) is 91.6 Å². The van der Waals surface area contributed by atoms with Crippen LogP contribution >= 0.6 is 0 Å². The molecule has 2 aliphatic carbocycles. The van der Waals surface area contributed by atoms with Gasteiger partial charge in [0.2, 0.25) is 0 Å². The van der Waals surface area contributed by atoms with E-state index in [0.29, 0.717) is 43.1 Å². The number of hydrogen-bond acceptors (Lipinski definition) is 5. The predicted molar refractivity (Wildman–Crippen MR) is 135 cm³/mol. The number of carbonyl (C=O) groups is 1. The van der Waals surface area contributed by atoms with Crippen LogP contribution in [0.3, 0.4) is 0 Å². The maximum absolute atomic E-state index is 12.9. The number of nitrogens with one attached hydrogen (secondary N) is 1. The zero-order valence-electron chi connectivity index (χ0n) is 20.5. The summed E-state index contributed by atoms with van der Waals surface area (Å²) in [6.45, 7) is 3.02. The van der Waals surface area contributed by atoms with Crippen LogP contribution in [0.2, 0.25) is 0 Å². The molecule has 6 rings (SSSR count). The van der Waals surface area contributed by atoms with Gasteiger partial charge in [0.25, 0.3) is 5.91 Å². The zero-order valence-corrected chi connectivity index (χ0v) is 20.5. The largest absolute Gasteiger partial charge is 0.375 e. The normalized spacial score (nSPS) is 24.8. The second-order valence-corrected chi connectivity index (χ2v) is 10.7. The van der Waals surface area contributed by atoms with Gasteiger partial charge >= 0.3 is 0 Å². The third-order valence-corrected chi connectivity index (χ3v) is 7.95. The van der Waals surface area contributed by atoms with Crippen molar-refractivity contribution >= 4 is 5.91 Å². The fourth-order valence-corrected chi connectivity index (χ4v) is 5.45. The summed E-state index contributed by atoms with van der Waals surface area (Å²) in [5.41, 5.74) is 6.29. The Morgan fingerprint density at radius 1 is 1.11 bits per heavy atom. The monoisotopic (exact) mass is 478 g/mol. The van der Waals surface area contributed by atoms with Gasteiger partial charge in [0, 0.05) is 35.0 Å². The van der Waals surface area contributed by atoms with Crippen molar-refractivity contribution in [2.45, 2.75) is 68.9 Å². The van der Waals surface area contributed by atoms with Crippen LogP contribution in [-0.2, 0) is 23.3 Å². The Hall–Kier alpha value is -3.56. The van der Waals surface area contributed by atoms with E-state index in [-0.39, 0.29) is 5.91 Å². The number of nitrogens with zero attached hydrogens (tertiary/aromatic N) is 3. The first kappa shape index (κ1) is 22.9. The molecule has 1 aliphatic heterocycles. The molecule has 0 bridgehead atoms. The molecule has 6 nitrogen and oxygen atoms in total. The SMILES string of the molecule is C[C@@]1(C#N)COCc2ccc(C(=O)NCc3cc(C4CC(c5cccc(C6CC6)n5)C4)ccn3)cc21. The second kappa shape index (κ2) is 9.15. The fourth-order valence-electron chi connectivity index (χ4n) is 5.45. The van der Waals surface area contributed by atoms with Gasteiger partial charge in [0.1, 0.15) is 5.41 Å². The summed E-state index contributed by atoms with van der Waals surface area (Å²) in [5, 5.41) is 12.7. The molecule has 3 heterocycles. The van der Waals surface area contributed by atoms with Crippen LogP contribution in [-0.4, -0.2) is 22.5 Å². The average Bonchev–Trinajstić information content (AvgIpc) is 3.73. The summed E-state index contributed by atoms with van der Waals surface area (Å²) in [7, 11) is 0. The van der Waals surface area contributed by atoms with E-state index in [1.807, 2.05) is 25.3 Å². The van der Waals surface area contributed by atoms with Crippen molar-refractivity contribution in [1.82, 2.24) is 15.3 Å². The number of benzene rings is 1. The van der Waals surface area contributed by atoms with E-state index in [2.05, 4.69) is 46.7 Å². The molecule has 2 saturated carbocycles. The van der Waals surface area contributed by atoms with Crippen molar-refractivity contribution in [2.75, 3.05) is 6.61 Å². The van der Waals surface area contributed by atoms with Crippen LogP contribution in [0.15, 0.2) is 54.7 Å². The minimum absolute atomic E-state index is 0.165. The van der Waals surface area contributed by atoms with Crippen LogP contribution in [0.1, 0.15) is 94.5 Å². The van der Waals surface area contributed by atoms with Gasteiger partial charge < -0.3 is 10.1 Å². The van der Waals surface area contributed by atoms with Gasteiger partial charge in [-0.1, -0.05) is 12.1 Å². The number of nitriles is 1. The van der Waals surface area contributed by atoms with E-state index >= 15 is 0 Å². The second-order valence-electron chi connectivity index (χ2n) is 10.7. The van der Waals surface area contributed by atoms with E-state index in [9.17, 15) is 10.1 Å². The van der Waals surface area contributed by atoms with E-state index in [0.717, 1.165) is 29.7 Å². The summed E-state index contributed by atoms with van der Waals surface area (Å²) in [6, 6.07) is 18.6. The minimum Gasteiger partial charge on any atom is -0.375 e. The fraction of sp³-hybridized carbons (Fsp3) is 0.400. The molecule has 0 spiro atoms. The molecule has 182 valence electrons. The van der Waals surface area contributed by atoms with Crippen molar-refractivity contribution in [3.8, 4) is 6.07 Å². The Bertz CT molecular complexity index is 1350. The van der Waals surface area contributed by atoms with Crippen LogP contribution in [0.25, 0.3) is 0 Å². The topological polar surface area (TPSA) is 87.9 Å². The summed E-state index contributed by atoms with van der Waals surface area (Å²) in [5.74, 6) is 1.55. The minimum atomic E-state index is -0.741. The summed E-state index contributed by atoms with van der Waals surface area (Å²) < 4.78 is 5.57. The molecule has 3 aliphatic rings. The van der Waals surface area contributed by atoms with Crippen LogP contribution in [0, 0.1) is 11.3 Å². The molecule has 1 aromatic carbocycles. The molecule has 6 heteroatoms. The molecule has 1 amide bonds. The number of rotatable bonds is 6. The number of hydrogen-bond donors (Lipinski definition) is 1. The van der Waals surface area contributed by atoms with Crippen LogP contribution in [0.4, 0.5) is 0 Å². The lowest BCUT2D eigenvalue weighted by Gasteiger charge is -2.35. The van der Waals surface area contributed by atoms with Crippen LogP contribution < -0.4 is 5.32 Å². The molecule has 2 fully saturated rings. The van der Waals surface area contributed by atoms with Gasteiger partial charge in [-0.25, -0.2) is 0 Å². The lowest BCUT2D eigenvalue weighted by molar-refractivity contribution is 0.0757. The molecule has 36 heavy (non-hydrogen) atoms. The first-order chi connectivity index (χ1) is 17.5. The molecule has 1 N–H and O–H groups in total. The van der Waals surface area contributed by atoms with Gasteiger partial charge in [0.15, 0.2) is 0 Å². The number of amides is 1. The molecule has 0 saturated heterocycles. The first-order valence-corrected chi connectivity index (χ1v) is 12.8. The van der Waals surface area contributed by atoms with Crippen molar-refractivity contribution in [1.29, 1.82) is 5.26 Å². The van der Waals surface area contributed by atoms with Crippen molar-refractivity contribution < 1.29 is 9.53 Å². The standard InChI is InChI=1S/C30H30N4O2/c1-30(17-31)18-36-16-22-8-7-21(14-26(22)30)29(35)33-15-25-13-20(9-10-32-25)23-11-24(12-23)28-4-2-3-27(34-28)19-5-6-19/h2-4,7-10,13-14,19,23-24H,5-6,11-12,15-16,18H2,1H3,(H,33,35)/t23?,24?,30-/m1/s1. The molecule has 0 unspecified atom stereocenters. The lowest BCUT2D eigenvalue weighted by atomic mass is 9.70. The van der Waals surface area contributed by atoms with E-state index < -0.39 is 5.41 Å². The average molecular weight is 479 g/mol. The van der Waals surface area contributed by atoms with E-state index in [4.69, 9.17) is 9.72 Å². The van der Waals surface area contributed by atoms with Gasteiger partial charge in [-0.3, -0.25) is 14.8 Å². The number of aromatic nitrogens is 2. The first-order valence-electron chi connectivity index (χ1n) is 12.8. The molecule has 1 atom stereocenters. The highest BCUT2D eigenvalue weighted by molar-refractivity contribution is 5.94. The van der Waals surface area contributed by atoms with Crippen molar-refractivity contribution in [2.24, 2.45) is 0 Å². The Morgan fingerprint density at radius 2 is 1.92 bits per heavy atom. The van der Waals surface area contributed by atoms with Crippen molar-refractivity contribution in [3.05, 3.63) is 94.1 Å². The number of ether oxygens (including phenoxy) is 1. The molecule has 3 aromatic rings. The zero-order chi connectivity index (χ0) is 24.7. The Morgan fingerprint density at radius 3 is 2.69 bits per heavy atom. The van der Waals surface area contributed by atoms with Gasteiger partial charge in [-0.15, -0.1) is 0 Å². The lowest BCUT2D eigenvalue weighted by Crippen LogP contribution is -2.33. The number of fused-ring (bicyclic) bond motifs is 1. The molecular weight excluding hydrogens is 448 g/mol. The Balaban J connectivity index is 1.08. The summed E-state index contributed by atoms with van der Waals surface area (Å²) in [6.07, 6.45) is 6.61. The summed E-state index contributed by atoms with van der Waals surface area (Å²) in [4.78, 5) is 22.3. The predicted octanol–water partition coefficient (Wildman–Crippen LogP) is 5.26. The summed E-state index contributed by atoms with van der Waals surface area (Å²) >= 11 is 0. The number of pyridine rings is 2. The maximum Gasteiger partial charge on any atom is 0.251 e. The molecule has 2 aromatic heterocycles. The van der Waals surface area contributed by atoms with Crippen molar-refractivity contribution in [3.63, 3.8) is 0 Å². The number of carbonyl (C=O) groups excluding carboxylic acids is 1. The Kier molecular flexibility index (Phi) is 5.81. The molecule has 0 radical (unpaired) electrons. The molecular formula is C30H30N4O2. The maximum atomic E-state index is 12.9. The van der Waals surface area contributed by atoms with E-state index in [1.165, 1.54) is 29.8 Å². The van der Waals surface area contributed by atoms with E-state index in [1.54, 1.807) is 6.07 Å². The quantitative estimate of drug-likeness (QED) is 0.522. The highest BCUT2D eigenvalue weighted by Gasteiger charge is 2.35. The van der Waals surface area contributed by atoms with Crippen LogP contribution in [0.5, 0.6) is 0 Å². The third-order valence-electron chi connectivity index (χ3n) is 7.95. The Labute approximate surface area is 211 Å². The third kappa shape index (κ3) is 4.40. The smallest absolute Gasteiger partial charge is 0.251 e. The van der Waals surface area contributed by atoms with Gasteiger partial charge in [0.05, 0.1) is 31.5 Å². The highest BCUT2D eigenvalue weighted by Crippen LogP contribution is 2.48. The van der Waals surface area contributed by atoms with Gasteiger partial charge in [-0.2, -0.15) is 5.26 Å². The highest BCUT2D eigenvalue weighted by atomic mass is 16.5.